The fourth-order valence-corrected chi connectivity index (χ4v) is 9.96. The molecule has 0 amide bonds. The average molecular weight is 504 g/mol. The van der Waals surface area contributed by atoms with E-state index in [9.17, 15) is 0 Å². The van der Waals surface area contributed by atoms with E-state index in [2.05, 4.69) is 65.7 Å². The van der Waals surface area contributed by atoms with Crippen LogP contribution in [0.5, 0.6) is 0 Å². The second-order valence-corrected chi connectivity index (χ2v) is 12.1. The number of fused-ring (bicyclic) bond motifs is 3. The van der Waals surface area contributed by atoms with Crippen LogP contribution < -0.4 is 5.01 Å². The highest BCUT2D eigenvalue weighted by atomic mass is 35.5. The third-order valence-corrected chi connectivity index (χ3v) is 11.3. The van der Waals surface area contributed by atoms with Gasteiger partial charge in [0.05, 0.1) is 37.3 Å². The number of hydrogen-bond donors (Lipinski definition) is 0. The molecule has 6 heteroatoms. The highest BCUT2D eigenvalue weighted by Crippen LogP contribution is 2.76. The van der Waals surface area contributed by atoms with Crippen LogP contribution in [0.4, 0.5) is 5.69 Å². The van der Waals surface area contributed by atoms with E-state index in [4.69, 9.17) is 51.5 Å². The van der Waals surface area contributed by atoms with Crippen LogP contribution in [0.1, 0.15) is 24.8 Å². The Kier molecular flexibility index (Phi) is 4.23. The van der Waals surface area contributed by atoms with Crippen molar-refractivity contribution in [2.45, 2.75) is 35.1 Å². The maximum absolute atomic E-state index is 7.32. The lowest BCUT2D eigenvalue weighted by Gasteiger charge is -2.59. The fraction of sp³-hybridized carbons (Fsp3) is 0.423. The van der Waals surface area contributed by atoms with E-state index >= 15 is 0 Å². The number of nitrogens with zero attached hydrogens (tertiary/aromatic N) is 2. The Morgan fingerprint density at radius 3 is 2.00 bits per heavy atom. The van der Waals surface area contributed by atoms with E-state index < -0.39 is 9.75 Å². The molecular formula is C26H22Cl4N2. The first-order valence-electron chi connectivity index (χ1n) is 11.4. The molecule has 0 unspecified atom stereocenters. The summed E-state index contributed by atoms with van der Waals surface area (Å²) in [6.07, 6.45) is 2.88. The third-order valence-electron chi connectivity index (χ3n) is 8.81. The maximum atomic E-state index is 7.32. The molecule has 6 aliphatic rings. The highest BCUT2D eigenvalue weighted by molar-refractivity contribution is 6.51. The molecule has 8 rings (SSSR count). The molecule has 4 saturated carbocycles. The Labute approximate surface area is 208 Å². The lowest BCUT2D eigenvalue weighted by atomic mass is 9.49. The number of allylic oxidation sites excluding steroid dienone is 2. The van der Waals surface area contributed by atoms with Gasteiger partial charge in [-0.1, -0.05) is 71.7 Å². The van der Waals surface area contributed by atoms with Crippen LogP contribution in [0.15, 0.2) is 75.8 Å². The molecule has 32 heavy (non-hydrogen) atoms. The largest absolute Gasteiger partial charge is 0.261 e. The van der Waals surface area contributed by atoms with E-state index in [1.54, 1.807) is 0 Å². The topological polar surface area (TPSA) is 15.6 Å². The van der Waals surface area contributed by atoms with Crippen molar-refractivity contribution in [3.63, 3.8) is 0 Å². The van der Waals surface area contributed by atoms with E-state index in [1.807, 2.05) is 0 Å². The molecule has 164 valence electrons. The molecule has 4 fully saturated rings. The van der Waals surface area contributed by atoms with Crippen molar-refractivity contribution in [3.8, 4) is 0 Å². The van der Waals surface area contributed by atoms with Gasteiger partial charge in [-0.25, -0.2) is 0 Å². The van der Waals surface area contributed by atoms with Crippen molar-refractivity contribution in [2.75, 3.05) is 5.01 Å². The number of alkyl halides is 2. The van der Waals surface area contributed by atoms with Crippen LogP contribution in [0.2, 0.25) is 0 Å². The number of para-hydroxylation sites is 1. The first kappa shape index (κ1) is 20.2. The molecule has 4 bridgehead atoms. The Bertz CT molecular complexity index is 1160. The lowest BCUT2D eigenvalue weighted by molar-refractivity contribution is -0.0131. The molecule has 5 aliphatic carbocycles. The smallest absolute Gasteiger partial charge is 0.0868 e. The van der Waals surface area contributed by atoms with Crippen molar-refractivity contribution in [2.24, 2.45) is 34.7 Å². The molecule has 1 aliphatic heterocycles. The zero-order chi connectivity index (χ0) is 21.8. The minimum absolute atomic E-state index is 0.216. The summed E-state index contributed by atoms with van der Waals surface area (Å²) in [5.41, 5.74) is 3.49. The first-order chi connectivity index (χ1) is 15.4. The fourth-order valence-electron chi connectivity index (χ4n) is 7.87. The van der Waals surface area contributed by atoms with Crippen molar-refractivity contribution >= 4 is 57.8 Å². The summed E-state index contributed by atoms with van der Waals surface area (Å²) in [5.74, 6) is 1.47. The summed E-state index contributed by atoms with van der Waals surface area (Å²) in [5, 5.41) is 8.71. The van der Waals surface area contributed by atoms with Gasteiger partial charge in [-0.2, -0.15) is 5.10 Å². The summed E-state index contributed by atoms with van der Waals surface area (Å²) < 4.78 is 0. The molecule has 0 aromatic heterocycles. The standard InChI is InChI=1S/C26H22Cl4N2/c27-23-24(28)26(30)13-25(23,29)19-16-11-12-17(20(19)26)22-18(16)21(14-7-3-1-4-8-14)31-32(22)15-9-5-2-6-10-15/h1-10,16-20,22H,11-13H2/t16-,17-,18-,19+,20-,22-,25+,26-/m1/s1. The van der Waals surface area contributed by atoms with Crippen molar-refractivity contribution < 1.29 is 0 Å². The molecule has 2 nitrogen and oxygen atoms in total. The predicted molar refractivity (Wildman–Crippen MR) is 133 cm³/mol. The molecule has 0 radical (unpaired) electrons. The quantitative estimate of drug-likeness (QED) is 0.394. The van der Waals surface area contributed by atoms with Crippen LogP contribution in [0, 0.1) is 29.6 Å². The number of rotatable bonds is 2. The Morgan fingerprint density at radius 2 is 1.34 bits per heavy atom. The lowest BCUT2D eigenvalue weighted by Crippen LogP contribution is -2.62. The van der Waals surface area contributed by atoms with Gasteiger partial charge >= 0.3 is 0 Å². The van der Waals surface area contributed by atoms with Crippen LogP contribution in [0.25, 0.3) is 0 Å². The molecule has 0 spiro atoms. The second kappa shape index (κ2) is 6.69. The molecule has 0 N–H and O–H groups in total. The van der Waals surface area contributed by atoms with Crippen molar-refractivity contribution in [1.29, 1.82) is 0 Å². The van der Waals surface area contributed by atoms with Gasteiger partial charge in [-0.05, 0) is 60.6 Å². The van der Waals surface area contributed by atoms with Gasteiger partial charge in [0.15, 0.2) is 0 Å². The average Bonchev–Trinajstić information content (AvgIpc) is 3.42. The van der Waals surface area contributed by atoms with Crippen LogP contribution in [0.3, 0.4) is 0 Å². The van der Waals surface area contributed by atoms with E-state index in [0.717, 1.165) is 18.5 Å². The molecule has 2 aromatic carbocycles. The summed E-state index contributed by atoms with van der Waals surface area (Å²) in [7, 11) is 0. The SMILES string of the molecule is ClC1=C(Cl)[C@@]2(Cl)C[C@]1(Cl)[C@H]1[C@@H]3CC[C@@H]([C@@H]4[C@H]3C(c3ccccc3)=NN4c3ccccc3)[C@H]12. The zero-order valence-corrected chi connectivity index (χ0v) is 20.3. The number of anilines is 1. The third kappa shape index (κ3) is 2.33. The summed E-state index contributed by atoms with van der Waals surface area (Å²) in [6, 6.07) is 21.4. The van der Waals surface area contributed by atoms with E-state index in [-0.39, 0.29) is 17.9 Å². The van der Waals surface area contributed by atoms with Gasteiger partial charge < -0.3 is 0 Å². The van der Waals surface area contributed by atoms with E-state index in [1.165, 1.54) is 11.3 Å². The molecule has 2 aromatic rings. The monoisotopic (exact) mass is 502 g/mol. The minimum atomic E-state index is -0.656. The Hall–Kier alpha value is -1.19. The van der Waals surface area contributed by atoms with Crippen molar-refractivity contribution in [1.82, 2.24) is 0 Å². The normalized spacial score (nSPS) is 43.5. The van der Waals surface area contributed by atoms with Gasteiger partial charge in [0.25, 0.3) is 0 Å². The van der Waals surface area contributed by atoms with Crippen LogP contribution >= 0.6 is 46.4 Å². The Balaban J connectivity index is 1.42. The minimum Gasteiger partial charge on any atom is -0.261 e. The van der Waals surface area contributed by atoms with Crippen LogP contribution in [-0.4, -0.2) is 21.5 Å². The summed E-state index contributed by atoms with van der Waals surface area (Å²) in [4.78, 5) is -1.31. The Morgan fingerprint density at radius 1 is 0.781 bits per heavy atom. The summed E-state index contributed by atoms with van der Waals surface area (Å²) in [6.45, 7) is 0. The predicted octanol–water partition coefficient (Wildman–Crippen LogP) is 7.23. The zero-order valence-electron chi connectivity index (χ0n) is 17.3. The number of hydrazone groups is 1. The maximum Gasteiger partial charge on any atom is 0.0868 e. The molecular weight excluding hydrogens is 482 g/mol. The van der Waals surface area contributed by atoms with Crippen LogP contribution in [-0.2, 0) is 0 Å². The number of hydrogen-bond acceptors (Lipinski definition) is 2. The first-order valence-corrected chi connectivity index (χ1v) is 12.9. The van der Waals surface area contributed by atoms with Crippen molar-refractivity contribution in [3.05, 3.63) is 76.3 Å². The molecule has 8 atom stereocenters. The molecule has 0 saturated heterocycles. The summed E-state index contributed by atoms with van der Waals surface area (Å²) >= 11 is 28.2. The second-order valence-electron chi connectivity index (χ2n) is 10.0. The van der Waals surface area contributed by atoms with Gasteiger partial charge in [0, 0.05) is 5.92 Å². The van der Waals surface area contributed by atoms with Gasteiger partial charge in [0.2, 0.25) is 0 Å². The highest BCUT2D eigenvalue weighted by Gasteiger charge is 2.76. The van der Waals surface area contributed by atoms with Gasteiger partial charge in [-0.15, -0.1) is 23.2 Å². The number of halogens is 4. The van der Waals surface area contributed by atoms with E-state index in [0.29, 0.717) is 34.2 Å². The molecule has 1 heterocycles. The van der Waals surface area contributed by atoms with Gasteiger partial charge in [0.1, 0.15) is 0 Å². The van der Waals surface area contributed by atoms with Gasteiger partial charge in [-0.3, -0.25) is 5.01 Å². The number of benzene rings is 2.